The van der Waals surface area contributed by atoms with Crippen LogP contribution in [0.5, 0.6) is 0 Å². The number of rotatable bonds is 7. The minimum Gasteiger partial charge on any atom is -0.338 e. The number of hydrogen-bond donors (Lipinski definition) is 0. The SMILES string of the molecule is CCCn1c(=O)n(C)c(=O)c2c(SCc3nc(-c4ccccc4C)no3)nc(C(C)C)nc21. The Bertz CT molecular complexity index is 1440. The van der Waals surface area contributed by atoms with Gasteiger partial charge in [0.05, 0.1) is 5.75 Å². The third-order valence-corrected chi connectivity index (χ3v) is 6.28. The van der Waals surface area contributed by atoms with E-state index in [4.69, 9.17) is 4.52 Å². The van der Waals surface area contributed by atoms with Crippen LogP contribution in [-0.4, -0.2) is 29.2 Å². The van der Waals surface area contributed by atoms with Crippen molar-refractivity contribution >= 4 is 22.8 Å². The van der Waals surface area contributed by atoms with E-state index in [-0.39, 0.29) is 11.6 Å². The molecule has 172 valence electrons. The highest BCUT2D eigenvalue weighted by molar-refractivity contribution is 7.98. The highest BCUT2D eigenvalue weighted by Crippen LogP contribution is 2.28. The molecule has 1 aromatic carbocycles. The van der Waals surface area contributed by atoms with Crippen molar-refractivity contribution in [3.05, 3.63) is 62.4 Å². The van der Waals surface area contributed by atoms with E-state index in [0.717, 1.165) is 22.1 Å². The molecule has 0 N–H and O–H groups in total. The maximum absolute atomic E-state index is 13.1. The van der Waals surface area contributed by atoms with Gasteiger partial charge < -0.3 is 4.52 Å². The van der Waals surface area contributed by atoms with E-state index in [1.165, 1.54) is 18.8 Å². The van der Waals surface area contributed by atoms with E-state index in [1.54, 1.807) is 4.57 Å². The van der Waals surface area contributed by atoms with Crippen LogP contribution in [0.25, 0.3) is 22.4 Å². The lowest BCUT2D eigenvalue weighted by Gasteiger charge is -2.14. The molecular formula is C23H26N6O3S. The van der Waals surface area contributed by atoms with Crippen LogP contribution in [0.4, 0.5) is 0 Å². The first kappa shape index (κ1) is 22.9. The molecule has 33 heavy (non-hydrogen) atoms. The first-order chi connectivity index (χ1) is 15.8. The number of aromatic nitrogens is 6. The van der Waals surface area contributed by atoms with Crippen molar-refractivity contribution in [3.8, 4) is 11.4 Å². The molecule has 4 aromatic rings. The molecule has 0 unspecified atom stereocenters. The van der Waals surface area contributed by atoms with Gasteiger partial charge in [-0.15, -0.1) is 0 Å². The van der Waals surface area contributed by atoms with Crippen molar-refractivity contribution in [1.82, 2.24) is 29.2 Å². The number of benzene rings is 1. The quantitative estimate of drug-likeness (QED) is 0.300. The molecule has 0 aliphatic carbocycles. The van der Waals surface area contributed by atoms with Gasteiger partial charge in [-0.05, 0) is 18.9 Å². The summed E-state index contributed by atoms with van der Waals surface area (Å²) in [6.07, 6.45) is 0.736. The lowest BCUT2D eigenvalue weighted by Crippen LogP contribution is -2.39. The maximum atomic E-state index is 13.1. The lowest BCUT2D eigenvalue weighted by molar-refractivity contribution is 0.391. The average molecular weight is 467 g/mol. The summed E-state index contributed by atoms with van der Waals surface area (Å²) >= 11 is 1.33. The molecule has 4 rings (SSSR count). The predicted octanol–water partition coefficient (Wildman–Crippen LogP) is 3.67. The summed E-state index contributed by atoms with van der Waals surface area (Å²) in [5.41, 5.74) is 1.55. The van der Waals surface area contributed by atoms with E-state index >= 15 is 0 Å². The number of aryl methyl sites for hydroxylation is 2. The van der Waals surface area contributed by atoms with Gasteiger partial charge in [0, 0.05) is 25.1 Å². The lowest BCUT2D eigenvalue weighted by atomic mass is 10.1. The third-order valence-electron chi connectivity index (χ3n) is 5.32. The largest absolute Gasteiger partial charge is 0.338 e. The topological polar surface area (TPSA) is 109 Å². The molecule has 9 nitrogen and oxygen atoms in total. The molecule has 0 aliphatic rings. The molecule has 0 fully saturated rings. The van der Waals surface area contributed by atoms with Gasteiger partial charge in [0.15, 0.2) is 5.65 Å². The number of fused-ring (bicyclic) bond motifs is 1. The van der Waals surface area contributed by atoms with Crippen LogP contribution in [0.15, 0.2) is 43.4 Å². The van der Waals surface area contributed by atoms with Gasteiger partial charge in [-0.3, -0.25) is 13.9 Å². The normalized spacial score (nSPS) is 11.6. The van der Waals surface area contributed by atoms with Crippen LogP contribution in [-0.2, 0) is 19.3 Å². The fourth-order valence-corrected chi connectivity index (χ4v) is 4.38. The summed E-state index contributed by atoms with van der Waals surface area (Å²) in [7, 11) is 1.48. The molecule has 3 heterocycles. The monoisotopic (exact) mass is 466 g/mol. The van der Waals surface area contributed by atoms with E-state index in [9.17, 15) is 9.59 Å². The summed E-state index contributed by atoms with van der Waals surface area (Å²) in [6.45, 7) is 8.39. The van der Waals surface area contributed by atoms with Crippen LogP contribution in [0.1, 0.15) is 50.4 Å². The van der Waals surface area contributed by atoms with Gasteiger partial charge in [0.25, 0.3) is 5.56 Å². The smallest absolute Gasteiger partial charge is 0.332 e. The zero-order valence-electron chi connectivity index (χ0n) is 19.3. The minimum atomic E-state index is -0.411. The summed E-state index contributed by atoms with van der Waals surface area (Å²) in [6, 6.07) is 7.83. The Morgan fingerprint density at radius 1 is 1.12 bits per heavy atom. The van der Waals surface area contributed by atoms with E-state index in [0.29, 0.717) is 45.9 Å². The highest BCUT2D eigenvalue weighted by Gasteiger charge is 2.20. The summed E-state index contributed by atoms with van der Waals surface area (Å²) in [5.74, 6) is 1.88. The molecular weight excluding hydrogens is 440 g/mol. The predicted molar refractivity (Wildman–Crippen MR) is 127 cm³/mol. The fraction of sp³-hybridized carbons (Fsp3) is 0.391. The van der Waals surface area contributed by atoms with Crippen LogP contribution in [0.2, 0.25) is 0 Å². The van der Waals surface area contributed by atoms with Crippen LogP contribution in [0, 0.1) is 6.92 Å². The minimum absolute atomic E-state index is 0.0269. The Kier molecular flexibility index (Phi) is 6.46. The molecule has 10 heteroatoms. The van der Waals surface area contributed by atoms with Crippen molar-refractivity contribution in [2.24, 2.45) is 7.05 Å². The number of thioether (sulfide) groups is 1. The molecule has 0 amide bonds. The van der Waals surface area contributed by atoms with Crippen molar-refractivity contribution in [2.75, 3.05) is 0 Å². The Hall–Kier alpha value is -3.27. The van der Waals surface area contributed by atoms with Crippen molar-refractivity contribution < 1.29 is 4.52 Å². The Morgan fingerprint density at radius 2 is 1.88 bits per heavy atom. The first-order valence-corrected chi connectivity index (χ1v) is 11.8. The van der Waals surface area contributed by atoms with Crippen LogP contribution < -0.4 is 11.2 Å². The highest BCUT2D eigenvalue weighted by atomic mass is 32.2. The van der Waals surface area contributed by atoms with Crippen LogP contribution >= 0.6 is 11.8 Å². The van der Waals surface area contributed by atoms with E-state index in [1.807, 2.05) is 52.0 Å². The van der Waals surface area contributed by atoms with E-state index < -0.39 is 5.56 Å². The Labute approximate surface area is 194 Å². The zero-order valence-corrected chi connectivity index (χ0v) is 20.1. The van der Waals surface area contributed by atoms with Gasteiger partial charge in [-0.1, -0.05) is 62.0 Å². The first-order valence-electron chi connectivity index (χ1n) is 10.8. The number of nitrogens with zero attached hydrogens (tertiary/aromatic N) is 6. The summed E-state index contributed by atoms with van der Waals surface area (Å²) in [4.78, 5) is 39.6. The average Bonchev–Trinajstić information content (AvgIpc) is 3.27. The maximum Gasteiger partial charge on any atom is 0.332 e. The summed E-state index contributed by atoms with van der Waals surface area (Å²) < 4.78 is 8.12. The fourth-order valence-electron chi connectivity index (χ4n) is 3.52. The van der Waals surface area contributed by atoms with Crippen molar-refractivity contribution in [3.63, 3.8) is 0 Å². The second-order valence-corrected chi connectivity index (χ2v) is 9.12. The second kappa shape index (κ2) is 9.30. The van der Waals surface area contributed by atoms with Gasteiger partial charge in [0.2, 0.25) is 11.7 Å². The van der Waals surface area contributed by atoms with Crippen molar-refractivity contribution in [1.29, 1.82) is 0 Å². The zero-order chi connectivity index (χ0) is 23.7. The molecule has 0 saturated carbocycles. The Morgan fingerprint density at radius 3 is 2.58 bits per heavy atom. The van der Waals surface area contributed by atoms with Crippen molar-refractivity contribution in [2.45, 2.75) is 57.4 Å². The summed E-state index contributed by atoms with van der Waals surface area (Å²) in [5, 5.41) is 4.94. The standard InChI is InChI=1S/C23H26N6O3S/c1-6-11-29-20-17(22(30)28(5)23(29)31)21(26-18(25-20)13(2)3)33-12-16-24-19(27-32-16)15-10-8-7-9-14(15)4/h7-10,13H,6,11-12H2,1-5H3. The Balaban J connectivity index is 1.77. The van der Waals surface area contributed by atoms with E-state index in [2.05, 4.69) is 20.1 Å². The van der Waals surface area contributed by atoms with Crippen LogP contribution in [0.3, 0.4) is 0 Å². The third kappa shape index (κ3) is 4.35. The van der Waals surface area contributed by atoms with Gasteiger partial charge in [-0.25, -0.2) is 14.8 Å². The molecule has 0 spiro atoms. The molecule has 0 atom stereocenters. The van der Waals surface area contributed by atoms with Gasteiger partial charge >= 0.3 is 5.69 Å². The molecule has 0 saturated heterocycles. The molecule has 3 aromatic heterocycles. The molecule has 0 aliphatic heterocycles. The number of hydrogen-bond acceptors (Lipinski definition) is 8. The molecule has 0 bridgehead atoms. The molecule has 0 radical (unpaired) electrons. The van der Waals surface area contributed by atoms with Gasteiger partial charge in [0.1, 0.15) is 16.2 Å². The van der Waals surface area contributed by atoms with Gasteiger partial charge in [-0.2, -0.15) is 4.98 Å². The second-order valence-electron chi connectivity index (χ2n) is 8.15.